The molecule has 0 bridgehead atoms. The van der Waals surface area contributed by atoms with Crippen molar-refractivity contribution in [3.8, 4) is 0 Å². The summed E-state index contributed by atoms with van der Waals surface area (Å²) in [7, 11) is 6.01. The number of nitrogens with one attached hydrogen (secondary N) is 1. The molecule has 1 aliphatic carbocycles. The summed E-state index contributed by atoms with van der Waals surface area (Å²) < 4.78 is 5.73. The maximum atomic E-state index is 12.8. The zero-order valence-electron chi connectivity index (χ0n) is 20.0. The fourth-order valence-corrected chi connectivity index (χ4v) is 4.90. The first-order valence-corrected chi connectivity index (χ1v) is 10.8. The number of amides is 1. The summed E-state index contributed by atoms with van der Waals surface area (Å²) in [6, 6.07) is 0.420. The number of fused-ring (bicyclic) bond motifs is 1. The van der Waals surface area contributed by atoms with E-state index in [1.165, 1.54) is 0 Å². The van der Waals surface area contributed by atoms with Gasteiger partial charge in [-0.15, -0.1) is 0 Å². The number of carbonyl (C=O) groups is 3. The average Bonchev–Trinajstić information content (AvgIpc) is 3.16. The Balaban J connectivity index is 0.000000819. The van der Waals surface area contributed by atoms with Gasteiger partial charge in [0.05, 0.1) is 6.10 Å². The molecule has 1 saturated heterocycles. The van der Waals surface area contributed by atoms with E-state index in [9.17, 15) is 9.59 Å². The van der Waals surface area contributed by atoms with Crippen molar-refractivity contribution >= 4 is 18.9 Å². The Kier molecular flexibility index (Phi) is 11.7. The zero-order valence-corrected chi connectivity index (χ0v) is 20.0. The van der Waals surface area contributed by atoms with Crippen LogP contribution in [0.15, 0.2) is 4.79 Å². The molecule has 1 aromatic heterocycles. The van der Waals surface area contributed by atoms with Crippen molar-refractivity contribution in [1.29, 1.82) is 0 Å². The van der Waals surface area contributed by atoms with Crippen LogP contribution in [0.2, 0.25) is 0 Å². The minimum atomic E-state index is -0.327. The van der Waals surface area contributed by atoms with Gasteiger partial charge in [0.2, 0.25) is 5.91 Å². The Bertz CT molecular complexity index is 810. The number of carboxylic acid groups (broad SMARTS) is 2. The number of aromatic nitrogens is 2. The molecule has 11 nitrogen and oxygen atoms in total. The molecule has 3 rings (SSSR count). The van der Waals surface area contributed by atoms with E-state index in [1.807, 2.05) is 18.7 Å². The van der Waals surface area contributed by atoms with Crippen molar-refractivity contribution in [2.24, 2.45) is 11.8 Å². The first kappa shape index (κ1) is 28.2. The van der Waals surface area contributed by atoms with Crippen LogP contribution in [0.1, 0.15) is 36.2 Å². The van der Waals surface area contributed by atoms with Crippen LogP contribution in [-0.4, -0.2) is 95.3 Å². The number of carbonyl (C=O) groups excluding carboxylic acids is 1. The molecular weight excluding hydrogens is 432 g/mol. The van der Waals surface area contributed by atoms with Crippen molar-refractivity contribution < 1.29 is 29.3 Å². The second-order valence-electron chi connectivity index (χ2n) is 8.54. The summed E-state index contributed by atoms with van der Waals surface area (Å²) in [5.74, 6) is 1.30. The fraction of sp³-hybridized carbons (Fsp3) is 0.682. The van der Waals surface area contributed by atoms with E-state index in [1.54, 1.807) is 7.11 Å². The number of aryl methyl sites for hydroxylation is 2. The Hall–Kier alpha value is -2.79. The second-order valence-corrected chi connectivity index (χ2v) is 8.54. The third kappa shape index (κ3) is 7.93. The van der Waals surface area contributed by atoms with Gasteiger partial charge in [-0.3, -0.25) is 14.4 Å². The normalized spacial score (nSPS) is 23.5. The molecule has 0 unspecified atom stereocenters. The van der Waals surface area contributed by atoms with Gasteiger partial charge >= 0.3 is 5.69 Å². The highest BCUT2D eigenvalue weighted by Gasteiger charge is 2.44. The lowest BCUT2D eigenvalue weighted by atomic mass is 9.77. The van der Waals surface area contributed by atoms with Gasteiger partial charge in [0.25, 0.3) is 12.9 Å². The molecule has 1 aromatic rings. The number of ether oxygens (including phenoxy) is 1. The van der Waals surface area contributed by atoms with E-state index in [4.69, 9.17) is 24.5 Å². The van der Waals surface area contributed by atoms with Gasteiger partial charge in [0.15, 0.2) is 0 Å². The van der Waals surface area contributed by atoms with E-state index in [0.29, 0.717) is 30.7 Å². The van der Waals surface area contributed by atoms with Gasteiger partial charge in [-0.05, 0) is 64.6 Å². The Morgan fingerprint density at radius 3 is 2.21 bits per heavy atom. The molecule has 3 N–H and O–H groups in total. The highest BCUT2D eigenvalue weighted by atomic mass is 16.5. The second kappa shape index (κ2) is 13.7. The predicted molar refractivity (Wildman–Crippen MR) is 121 cm³/mol. The number of hydrogen-bond donors (Lipinski definition) is 3. The average molecular weight is 469 g/mol. The number of likely N-dealkylation sites (N-methyl/N-ethyl adjacent to an activating group) is 1. The van der Waals surface area contributed by atoms with E-state index in [0.717, 1.165) is 42.9 Å². The summed E-state index contributed by atoms with van der Waals surface area (Å²) >= 11 is 0. The summed E-state index contributed by atoms with van der Waals surface area (Å²) in [6.45, 7) is 4.89. The maximum absolute atomic E-state index is 12.8. The SMILES string of the molecule is CO[C@@H]1C[C@H]2CN(C(=O)CCc3c(C)nc(=O)[nH]c3C)C[C@H]2C[C@H]1N(C)C.O=CO.O=CO. The quantitative estimate of drug-likeness (QED) is 0.525. The Morgan fingerprint density at radius 1 is 1.18 bits per heavy atom. The van der Waals surface area contributed by atoms with Gasteiger partial charge in [-0.25, -0.2) is 4.79 Å². The highest BCUT2D eigenvalue weighted by Crippen LogP contribution is 2.39. The van der Waals surface area contributed by atoms with Crippen LogP contribution in [0, 0.1) is 25.7 Å². The number of aromatic amines is 1. The molecule has 0 radical (unpaired) electrons. The molecule has 2 heterocycles. The van der Waals surface area contributed by atoms with E-state index >= 15 is 0 Å². The van der Waals surface area contributed by atoms with Crippen LogP contribution in [0.25, 0.3) is 0 Å². The molecule has 11 heteroatoms. The lowest BCUT2D eigenvalue weighted by Gasteiger charge is -2.40. The highest BCUT2D eigenvalue weighted by molar-refractivity contribution is 5.76. The van der Waals surface area contributed by atoms with Gasteiger partial charge < -0.3 is 29.7 Å². The van der Waals surface area contributed by atoms with E-state index in [2.05, 4.69) is 29.0 Å². The minimum absolute atomic E-state index is 0.199. The molecule has 0 spiro atoms. The van der Waals surface area contributed by atoms with E-state index < -0.39 is 0 Å². The molecule has 0 aromatic carbocycles. The summed E-state index contributed by atoms with van der Waals surface area (Å²) in [4.78, 5) is 51.9. The molecule has 186 valence electrons. The lowest BCUT2D eigenvalue weighted by Crippen LogP contribution is -2.47. The number of hydrogen-bond acceptors (Lipinski definition) is 7. The third-order valence-electron chi connectivity index (χ3n) is 6.45. The van der Waals surface area contributed by atoms with E-state index in [-0.39, 0.29) is 30.6 Å². The van der Waals surface area contributed by atoms with Crippen LogP contribution in [-0.2, 0) is 25.5 Å². The predicted octanol–water partition coefficient (Wildman–Crippen LogP) is 0.535. The number of H-pyrrole nitrogens is 1. The summed E-state index contributed by atoms with van der Waals surface area (Å²) in [5, 5.41) is 13.8. The number of nitrogens with zero attached hydrogens (tertiary/aromatic N) is 3. The van der Waals surface area contributed by atoms with Gasteiger partial charge in [0, 0.05) is 44.0 Å². The first-order chi connectivity index (χ1) is 15.6. The number of likely N-dealkylation sites (tertiary alicyclic amines) is 1. The van der Waals surface area contributed by atoms with Crippen molar-refractivity contribution in [2.75, 3.05) is 34.3 Å². The molecule has 1 saturated carbocycles. The zero-order chi connectivity index (χ0) is 25.1. The molecule has 1 amide bonds. The van der Waals surface area contributed by atoms with Crippen LogP contribution < -0.4 is 5.69 Å². The lowest BCUT2D eigenvalue weighted by molar-refractivity contribution is -0.130. The number of methoxy groups -OCH3 is 1. The van der Waals surface area contributed by atoms with Crippen molar-refractivity contribution in [3.05, 3.63) is 27.4 Å². The topological polar surface area (TPSA) is 153 Å². The largest absolute Gasteiger partial charge is 0.483 e. The van der Waals surface area contributed by atoms with Crippen molar-refractivity contribution in [3.63, 3.8) is 0 Å². The van der Waals surface area contributed by atoms with Crippen molar-refractivity contribution in [2.45, 2.75) is 51.7 Å². The Morgan fingerprint density at radius 2 is 1.73 bits per heavy atom. The fourth-order valence-electron chi connectivity index (χ4n) is 4.90. The first-order valence-electron chi connectivity index (χ1n) is 10.8. The standard InChI is InChI=1S/C20H32N4O3.2CH2O2/c1-12-16(13(2)22-20(26)21-12)6-7-19(25)24-10-14-8-17(23(3)4)18(27-5)9-15(14)11-24;2*2-1-3/h14-15,17-18H,6-11H2,1-5H3,(H,21,22,26);2*1H,(H,2,3)/t14-,15+,17-,18-;;/m1../s1. The summed E-state index contributed by atoms with van der Waals surface area (Å²) in [5.41, 5.74) is 2.18. The Labute approximate surface area is 193 Å². The molecule has 1 aliphatic heterocycles. The molecule has 4 atom stereocenters. The van der Waals surface area contributed by atoms with Crippen LogP contribution in [0.5, 0.6) is 0 Å². The maximum Gasteiger partial charge on any atom is 0.345 e. The molecule has 33 heavy (non-hydrogen) atoms. The van der Waals surface area contributed by atoms with Gasteiger partial charge in [-0.1, -0.05) is 0 Å². The third-order valence-corrected chi connectivity index (χ3v) is 6.45. The summed E-state index contributed by atoms with van der Waals surface area (Å²) in [6.07, 6.45) is 3.43. The molecule has 2 aliphatic rings. The molecular formula is C22H36N4O7. The van der Waals surface area contributed by atoms with Crippen LogP contribution in [0.4, 0.5) is 0 Å². The number of rotatable bonds is 5. The van der Waals surface area contributed by atoms with Crippen molar-refractivity contribution in [1.82, 2.24) is 19.8 Å². The molecule has 2 fully saturated rings. The van der Waals surface area contributed by atoms with Gasteiger partial charge in [-0.2, -0.15) is 4.98 Å². The monoisotopic (exact) mass is 468 g/mol. The minimum Gasteiger partial charge on any atom is -0.483 e. The van der Waals surface area contributed by atoms with Crippen LogP contribution in [0.3, 0.4) is 0 Å². The van der Waals surface area contributed by atoms with Crippen LogP contribution >= 0.6 is 0 Å². The van der Waals surface area contributed by atoms with Gasteiger partial charge in [0.1, 0.15) is 0 Å². The smallest absolute Gasteiger partial charge is 0.345 e.